The van der Waals surface area contributed by atoms with Gasteiger partial charge in [0.05, 0.1) is 25.2 Å². The summed E-state index contributed by atoms with van der Waals surface area (Å²) in [7, 11) is 0. The molecule has 1 amide bonds. The molecule has 7 nitrogen and oxygen atoms in total. The molecule has 0 saturated carbocycles. The van der Waals surface area contributed by atoms with Crippen LogP contribution < -0.4 is 9.47 Å². The summed E-state index contributed by atoms with van der Waals surface area (Å²) in [6.45, 7) is 2.33. The molecule has 2 fully saturated rings. The van der Waals surface area contributed by atoms with Crippen molar-refractivity contribution in [1.82, 2.24) is 9.88 Å². The fraction of sp³-hybridized carbons (Fsp3) is 0.435. The lowest BCUT2D eigenvalue weighted by atomic mass is 9.82. The van der Waals surface area contributed by atoms with Crippen molar-refractivity contribution < 1.29 is 23.8 Å². The molecule has 3 aliphatic heterocycles. The van der Waals surface area contributed by atoms with Crippen molar-refractivity contribution >= 4 is 11.7 Å². The first kappa shape index (κ1) is 19.1. The van der Waals surface area contributed by atoms with Gasteiger partial charge in [-0.05, 0) is 18.2 Å². The predicted octanol–water partition coefficient (Wildman–Crippen LogP) is 2.89. The van der Waals surface area contributed by atoms with Gasteiger partial charge in [0, 0.05) is 50.2 Å². The van der Waals surface area contributed by atoms with E-state index in [4.69, 9.17) is 14.2 Å². The van der Waals surface area contributed by atoms with Crippen LogP contribution in [0.1, 0.15) is 46.4 Å². The normalized spacial score (nSPS) is 22.5. The van der Waals surface area contributed by atoms with Crippen LogP contribution >= 0.6 is 0 Å². The summed E-state index contributed by atoms with van der Waals surface area (Å²) in [5, 5.41) is 0. The lowest BCUT2D eigenvalue weighted by molar-refractivity contribution is -0.00572. The molecule has 2 saturated heterocycles. The van der Waals surface area contributed by atoms with Gasteiger partial charge in [-0.1, -0.05) is 12.1 Å². The summed E-state index contributed by atoms with van der Waals surface area (Å²) in [6, 6.07) is 10.8. The van der Waals surface area contributed by atoms with Crippen LogP contribution in [0.15, 0.2) is 42.6 Å². The molecule has 4 heterocycles. The summed E-state index contributed by atoms with van der Waals surface area (Å²) >= 11 is 0. The number of ketones is 1. The SMILES string of the molecule is O=C1CC2(CCN(C(=O)c3ccnc(OC4CCOC4)c3)CC2)Oc2ccccc21. The molecule has 0 aliphatic carbocycles. The largest absolute Gasteiger partial charge is 0.486 e. The van der Waals surface area contributed by atoms with Crippen LogP contribution in [-0.2, 0) is 4.74 Å². The van der Waals surface area contributed by atoms with Crippen LogP contribution in [0.25, 0.3) is 0 Å². The van der Waals surface area contributed by atoms with Crippen molar-refractivity contribution in [1.29, 1.82) is 0 Å². The minimum atomic E-state index is -0.517. The Morgan fingerprint density at radius 2 is 2.03 bits per heavy atom. The summed E-state index contributed by atoms with van der Waals surface area (Å²) < 4.78 is 17.4. The van der Waals surface area contributed by atoms with Crippen LogP contribution in [0.2, 0.25) is 0 Å². The molecule has 5 rings (SSSR count). The Morgan fingerprint density at radius 3 is 2.83 bits per heavy atom. The number of hydrogen-bond acceptors (Lipinski definition) is 6. The Morgan fingerprint density at radius 1 is 1.20 bits per heavy atom. The van der Waals surface area contributed by atoms with Gasteiger partial charge in [0.15, 0.2) is 5.78 Å². The molecule has 0 radical (unpaired) electrons. The van der Waals surface area contributed by atoms with Gasteiger partial charge >= 0.3 is 0 Å². The Hall–Kier alpha value is -2.93. The van der Waals surface area contributed by atoms with E-state index in [1.807, 2.05) is 29.2 Å². The Balaban J connectivity index is 1.25. The molecule has 7 heteroatoms. The standard InChI is InChI=1S/C23H24N2O5/c26-19-14-23(30-20-4-2-1-3-18(19)20)7-10-25(11-8-23)22(27)16-5-9-24-21(13-16)29-17-6-12-28-15-17/h1-5,9,13,17H,6-8,10-12,14-15H2. The second-order valence-electron chi connectivity index (χ2n) is 8.16. The highest BCUT2D eigenvalue weighted by atomic mass is 16.5. The number of amides is 1. The van der Waals surface area contributed by atoms with Crippen molar-refractivity contribution in [2.45, 2.75) is 37.4 Å². The van der Waals surface area contributed by atoms with Gasteiger partial charge in [-0.25, -0.2) is 4.98 Å². The van der Waals surface area contributed by atoms with Crippen LogP contribution in [-0.4, -0.2) is 59.6 Å². The number of carbonyl (C=O) groups excluding carboxylic acids is 2. The van der Waals surface area contributed by atoms with E-state index in [1.54, 1.807) is 18.3 Å². The van der Waals surface area contributed by atoms with E-state index in [1.165, 1.54) is 0 Å². The molecule has 1 atom stereocenters. The van der Waals surface area contributed by atoms with E-state index < -0.39 is 5.60 Å². The number of ether oxygens (including phenoxy) is 3. The maximum absolute atomic E-state index is 13.0. The van der Waals surface area contributed by atoms with E-state index in [-0.39, 0.29) is 17.8 Å². The minimum absolute atomic E-state index is 0.0124. The van der Waals surface area contributed by atoms with E-state index in [2.05, 4.69) is 4.98 Å². The number of fused-ring (bicyclic) bond motifs is 1. The molecule has 2 aromatic rings. The summed E-state index contributed by atoms with van der Waals surface area (Å²) in [5.41, 5.74) is 0.691. The fourth-order valence-electron chi connectivity index (χ4n) is 4.41. The first-order valence-corrected chi connectivity index (χ1v) is 10.4. The smallest absolute Gasteiger partial charge is 0.254 e. The third kappa shape index (κ3) is 3.65. The number of Topliss-reactive ketones (excluding diaryl/α,β-unsaturated/α-hetero) is 1. The maximum Gasteiger partial charge on any atom is 0.254 e. The lowest BCUT2D eigenvalue weighted by Gasteiger charge is -2.44. The first-order chi connectivity index (χ1) is 14.6. The topological polar surface area (TPSA) is 78.0 Å². The van der Waals surface area contributed by atoms with Gasteiger partial charge in [0.25, 0.3) is 5.91 Å². The van der Waals surface area contributed by atoms with Crippen molar-refractivity contribution in [3.05, 3.63) is 53.7 Å². The number of likely N-dealkylation sites (tertiary alicyclic amines) is 1. The van der Waals surface area contributed by atoms with Gasteiger partial charge in [0.1, 0.15) is 17.5 Å². The molecule has 1 aromatic carbocycles. The zero-order valence-electron chi connectivity index (χ0n) is 16.7. The Labute approximate surface area is 174 Å². The number of nitrogens with zero attached hydrogens (tertiary/aromatic N) is 2. The van der Waals surface area contributed by atoms with Crippen molar-refractivity contribution in [2.75, 3.05) is 26.3 Å². The Kier molecular flexibility index (Phi) is 4.90. The molecular formula is C23H24N2O5. The highest BCUT2D eigenvalue weighted by Gasteiger charge is 2.43. The van der Waals surface area contributed by atoms with Crippen LogP contribution in [0.4, 0.5) is 0 Å². The summed E-state index contributed by atoms with van der Waals surface area (Å²) in [5.74, 6) is 1.16. The van der Waals surface area contributed by atoms with E-state index in [0.717, 1.165) is 6.42 Å². The fourth-order valence-corrected chi connectivity index (χ4v) is 4.41. The quantitative estimate of drug-likeness (QED) is 0.777. The molecule has 3 aliphatic rings. The maximum atomic E-state index is 13.0. The zero-order valence-corrected chi connectivity index (χ0v) is 16.7. The number of carbonyl (C=O) groups is 2. The number of pyridine rings is 1. The molecule has 0 bridgehead atoms. The average Bonchev–Trinajstić information content (AvgIpc) is 3.27. The summed E-state index contributed by atoms with van der Waals surface area (Å²) in [4.78, 5) is 31.7. The van der Waals surface area contributed by atoms with E-state index in [9.17, 15) is 9.59 Å². The number of benzene rings is 1. The number of aromatic nitrogens is 1. The van der Waals surface area contributed by atoms with Crippen molar-refractivity contribution in [2.24, 2.45) is 0 Å². The van der Waals surface area contributed by atoms with E-state index in [0.29, 0.717) is 68.3 Å². The molecule has 1 aromatic heterocycles. The van der Waals surface area contributed by atoms with Crippen LogP contribution in [0, 0.1) is 0 Å². The number of hydrogen-bond donors (Lipinski definition) is 0. The van der Waals surface area contributed by atoms with Gasteiger partial charge in [0.2, 0.25) is 5.88 Å². The molecule has 1 spiro atoms. The minimum Gasteiger partial charge on any atom is -0.486 e. The highest BCUT2D eigenvalue weighted by molar-refractivity contribution is 6.00. The van der Waals surface area contributed by atoms with E-state index >= 15 is 0 Å². The second kappa shape index (κ2) is 7.72. The first-order valence-electron chi connectivity index (χ1n) is 10.4. The monoisotopic (exact) mass is 408 g/mol. The van der Waals surface area contributed by atoms with Crippen molar-refractivity contribution in [3.8, 4) is 11.6 Å². The molecule has 0 N–H and O–H groups in total. The number of piperidine rings is 1. The third-order valence-corrected chi connectivity index (χ3v) is 6.12. The third-order valence-electron chi connectivity index (χ3n) is 6.12. The van der Waals surface area contributed by atoms with Gasteiger partial charge < -0.3 is 19.1 Å². The second-order valence-corrected chi connectivity index (χ2v) is 8.16. The van der Waals surface area contributed by atoms with Crippen LogP contribution in [0.3, 0.4) is 0 Å². The van der Waals surface area contributed by atoms with Gasteiger partial charge in [-0.2, -0.15) is 0 Å². The van der Waals surface area contributed by atoms with Gasteiger partial charge in [-0.3, -0.25) is 9.59 Å². The molecule has 156 valence electrons. The summed E-state index contributed by atoms with van der Waals surface area (Å²) in [6.07, 6.45) is 4.04. The Bertz CT molecular complexity index is 962. The van der Waals surface area contributed by atoms with Crippen LogP contribution in [0.5, 0.6) is 11.6 Å². The predicted molar refractivity (Wildman–Crippen MR) is 108 cm³/mol. The zero-order chi connectivity index (χ0) is 20.6. The van der Waals surface area contributed by atoms with Gasteiger partial charge in [-0.15, -0.1) is 0 Å². The number of para-hydroxylation sites is 1. The van der Waals surface area contributed by atoms with Crippen molar-refractivity contribution in [3.63, 3.8) is 0 Å². The number of rotatable bonds is 3. The molecule has 1 unspecified atom stereocenters. The molecular weight excluding hydrogens is 384 g/mol. The molecule has 30 heavy (non-hydrogen) atoms. The average molecular weight is 408 g/mol. The lowest BCUT2D eigenvalue weighted by Crippen LogP contribution is -2.52. The highest BCUT2D eigenvalue weighted by Crippen LogP contribution is 2.39.